The molecule has 0 atom stereocenters. The summed E-state index contributed by atoms with van der Waals surface area (Å²) in [7, 11) is 0. The fourth-order valence-electron chi connectivity index (χ4n) is 4.52. The number of anilines is 2. The average molecular weight is 388 g/mol. The third-order valence-electron chi connectivity index (χ3n) is 6.15. The molecule has 3 aliphatic heterocycles. The number of nitrogens with zero attached hydrogens (tertiary/aromatic N) is 2. The molecule has 1 aromatic carbocycles. The second kappa shape index (κ2) is 9.72. The molecule has 4 rings (SSSR count). The number of ether oxygens (including phenoxy) is 2. The van der Waals surface area contributed by atoms with Crippen LogP contribution in [0.3, 0.4) is 0 Å². The number of piperidine rings is 1. The van der Waals surface area contributed by atoms with E-state index in [1.807, 2.05) is 12.1 Å². The number of hydrogen-bond donors (Lipinski definition) is 1. The number of likely N-dealkylation sites (tertiary alicyclic amines) is 1. The summed E-state index contributed by atoms with van der Waals surface area (Å²) in [5.41, 5.74) is 2.14. The molecule has 28 heavy (non-hydrogen) atoms. The predicted molar refractivity (Wildman–Crippen MR) is 111 cm³/mol. The quantitative estimate of drug-likeness (QED) is 0.841. The van der Waals surface area contributed by atoms with Gasteiger partial charge in [0, 0.05) is 30.4 Å². The number of carbonyl (C=O) groups is 1. The zero-order valence-corrected chi connectivity index (χ0v) is 16.8. The van der Waals surface area contributed by atoms with Crippen LogP contribution in [0.25, 0.3) is 0 Å². The van der Waals surface area contributed by atoms with Crippen LogP contribution in [0.15, 0.2) is 24.3 Å². The van der Waals surface area contributed by atoms with Crippen molar-refractivity contribution in [3.63, 3.8) is 0 Å². The second-order valence-corrected chi connectivity index (χ2v) is 8.22. The van der Waals surface area contributed by atoms with Gasteiger partial charge in [0.05, 0.1) is 19.8 Å². The van der Waals surface area contributed by atoms with Crippen molar-refractivity contribution in [2.45, 2.75) is 44.8 Å². The lowest BCUT2D eigenvalue weighted by Gasteiger charge is -2.33. The molecule has 0 bridgehead atoms. The first-order chi connectivity index (χ1) is 13.8. The SMILES string of the molecule is O=C(CN1CCC(C2OCCO2)CC1)Nc1ccc(N2CCCCCC2)cc1. The highest BCUT2D eigenvalue weighted by Gasteiger charge is 2.30. The van der Waals surface area contributed by atoms with Crippen molar-refractivity contribution in [3.05, 3.63) is 24.3 Å². The first-order valence-corrected chi connectivity index (χ1v) is 10.9. The highest BCUT2D eigenvalue weighted by Crippen LogP contribution is 2.26. The molecule has 3 aliphatic rings. The van der Waals surface area contributed by atoms with Crippen LogP contribution in [0.4, 0.5) is 11.4 Å². The Morgan fingerprint density at radius 2 is 1.57 bits per heavy atom. The minimum atomic E-state index is -0.0290. The fraction of sp³-hybridized carbons (Fsp3) is 0.682. The molecule has 0 aliphatic carbocycles. The lowest BCUT2D eigenvalue weighted by Crippen LogP contribution is -2.41. The van der Waals surface area contributed by atoms with Crippen LogP contribution in [-0.4, -0.2) is 63.0 Å². The van der Waals surface area contributed by atoms with Crippen molar-refractivity contribution in [2.24, 2.45) is 5.92 Å². The van der Waals surface area contributed by atoms with Crippen LogP contribution in [0.1, 0.15) is 38.5 Å². The molecular formula is C22H33N3O3. The maximum absolute atomic E-state index is 12.4. The number of carbonyl (C=O) groups excluding carboxylic acids is 1. The molecule has 3 saturated heterocycles. The average Bonchev–Trinajstić information content (AvgIpc) is 3.12. The van der Waals surface area contributed by atoms with E-state index in [9.17, 15) is 4.79 Å². The van der Waals surface area contributed by atoms with Gasteiger partial charge in [-0.25, -0.2) is 0 Å². The Morgan fingerprint density at radius 3 is 2.21 bits per heavy atom. The zero-order valence-electron chi connectivity index (χ0n) is 16.8. The maximum Gasteiger partial charge on any atom is 0.238 e. The third kappa shape index (κ3) is 5.25. The molecule has 1 aromatic rings. The molecular weight excluding hydrogens is 354 g/mol. The van der Waals surface area contributed by atoms with Gasteiger partial charge in [-0.05, 0) is 63.0 Å². The summed E-state index contributed by atoms with van der Waals surface area (Å²) in [4.78, 5) is 17.1. The molecule has 0 unspecified atom stereocenters. The van der Waals surface area contributed by atoms with E-state index < -0.39 is 0 Å². The summed E-state index contributed by atoms with van der Waals surface area (Å²) in [5.74, 6) is 0.530. The Bertz CT molecular complexity index is 614. The predicted octanol–water partition coefficient (Wildman–Crippen LogP) is 3.09. The summed E-state index contributed by atoms with van der Waals surface area (Å²) in [6.45, 7) is 6.00. The van der Waals surface area contributed by atoms with E-state index in [2.05, 4.69) is 27.2 Å². The van der Waals surface area contributed by atoms with Gasteiger partial charge < -0.3 is 19.7 Å². The summed E-state index contributed by atoms with van der Waals surface area (Å²) >= 11 is 0. The largest absolute Gasteiger partial charge is 0.372 e. The van der Waals surface area contributed by atoms with Gasteiger partial charge in [0.2, 0.25) is 5.91 Å². The van der Waals surface area contributed by atoms with Gasteiger partial charge in [-0.2, -0.15) is 0 Å². The number of rotatable bonds is 5. The molecule has 3 heterocycles. The first kappa shape index (κ1) is 19.7. The van der Waals surface area contributed by atoms with Crippen molar-refractivity contribution in [1.82, 2.24) is 4.90 Å². The Balaban J connectivity index is 1.21. The lowest BCUT2D eigenvalue weighted by atomic mass is 9.96. The zero-order chi connectivity index (χ0) is 19.2. The highest BCUT2D eigenvalue weighted by molar-refractivity contribution is 5.92. The first-order valence-electron chi connectivity index (χ1n) is 10.9. The van der Waals surface area contributed by atoms with E-state index in [4.69, 9.17) is 9.47 Å². The maximum atomic E-state index is 12.4. The van der Waals surface area contributed by atoms with E-state index in [-0.39, 0.29) is 12.2 Å². The fourth-order valence-corrected chi connectivity index (χ4v) is 4.52. The number of amides is 1. The van der Waals surface area contributed by atoms with Crippen LogP contribution in [-0.2, 0) is 14.3 Å². The van der Waals surface area contributed by atoms with Gasteiger partial charge in [0.15, 0.2) is 6.29 Å². The van der Waals surface area contributed by atoms with Gasteiger partial charge in [0.25, 0.3) is 0 Å². The number of hydrogen-bond acceptors (Lipinski definition) is 5. The van der Waals surface area contributed by atoms with E-state index in [0.29, 0.717) is 25.7 Å². The molecule has 6 heteroatoms. The molecule has 1 amide bonds. The van der Waals surface area contributed by atoms with Gasteiger partial charge in [-0.15, -0.1) is 0 Å². The topological polar surface area (TPSA) is 54.0 Å². The van der Waals surface area contributed by atoms with Crippen molar-refractivity contribution in [3.8, 4) is 0 Å². The van der Waals surface area contributed by atoms with Crippen LogP contribution in [0.2, 0.25) is 0 Å². The van der Waals surface area contributed by atoms with Crippen LogP contribution < -0.4 is 10.2 Å². The second-order valence-electron chi connectivity index (χ2n) is 8.22. The Kier molecular flexibility index (Phi) is 6.83. The van der Waals surface area contributed by atoms with Crippen molar-refractivity contribution in [2.75, 3.05) is 56.2 Å². The van der Waals surface area contributed by atoms with Crippen LogP contribution >= 0.6 is 0 Å². The Morgan fingerprint density at radius 1 is 0.929 bits per heavy atom. The summed E-state index contributed by atoms with van der Waals surface area (Å²) in [5, 5.41) is 3.05. The van der Waals surface area contributed by atoms with Crippen LogP contribution in [0, 0.1) is 5.92 Å². The van der Waals surface area contributed by atoms with E-state index in [1.54, 1.807) is 0 Å². The highest BCUT2D eigenvalue weighted by atomic mass is 16.7. The van der Waals surface area contributed by atoms with Gasteiger partial charge >= 0.3 is 0 Å². The molecule has 0 saturated carbocycles. The molecule has 0 spiro atoms. The van der Waals surface area contributed by atoms with E-state index in [0.717, 1.165) is 44.7 Å². The van der Waals surface area contributed by atoms with Crippen molar-refractivity contribution in [1.29, 1.82) is 0 Å². The monoisotopic (exact) mass is 387 g/mol. The van der Waals surface area contributed by atoms with Crippen molar-refractivity contribution >= 4 is 17.3 Å². The number of benzene rings is 1. The van der Waals surface area contributed by atoms with Gasteiger partial charge in [-0.3, -0.25) is 9.69 Å². The summed E-state index contributed by atoms with van der Waals surface area (Å²) in [6, 6.07) is 8.32. The molecule has 1 N–H and O–H groups in total. The molecule has 154 valence electrons. The van der Waals surface area contributed by atoms with Gasteiger partial charge in [-0.1, -0.05) is 12.8 Å². The van der Waals surface area contributed by atoms with E-state index in [1.165, 1.54) is 31.4 Å². The minimum Gasteiger partial charge on any atom is -0.372 e. The normalized spacial score (nSPS) is 22.9. The Labute approximate surface area is 168 Å². The van der Waals surface area contributed by atoms with E-state index >= 15 is 0 Å². The van der Waals surface area contributed by atoms with Crippen LogP contribution in [0.5, 0.6) is 0 Å². The molecule has 6 nitrogen and oxygen atoms in total. The molecule has 0 radical (unpaired) electrons. The summed E-state index contributed by atoms with van der Waals surface area (Å²) < 4.78 is 11.2. The molecule has 3 fully saturated rings. The van der Waals surface area contributed by atoms with Crippen molar-refractivity contribution < 1.29 is 14.3 Å². The smallest absolute Gasteiger partial charge is 0.238 e. The standard InChI is InChI=1S/C22H33N3O3/c26-21(17-24-13-9-18(10-14-24)22-27-15-16-28-22)23-19-5-7-20(8-6-19)25-11-3-1-2-4-12-25/h5-8,18,22H,1-4,9-17H2,(H,23,26). The lowest BCUT2D eigenvalue weighted by molar-refractivity contribution is -0.119. The Hall–Kier alpha value is -1.63. The summed E-state index contributed by atoms with van der Waals surface area (Å²) in [6.07, 6.45) is 7.25. The van der Waals surface area contributed by atoms with Gasteiger partial charge in [0.1, 0.15) is 0 Å². The third-order valence-corrected chi connectivity index (χ3v) is 6.15. The molecule has 0 aromatic heterocycles. The minimum absolute atomic E-state index is 0.0290. The number of nitrogens with one attached hydrogen (secondary N) is 1.